The molecule has 0 bridgehead atoms. The predicted molar refractivity (Wildman–Crippen MR) is 74.7 cm³/mol. The Bertz CT molecular complexity index is 406. The molecule has 1 aliphatic heterocycles. The van der Waals surface area contributed by atoms with Crippen molar-refractivity contribution in [2.45, 2.75) is 39.0 Å². The fourth-order valence-electron chi connectivity index (χ4n) is 2.61. The smallest absolute Gasteiger partial charge is 0.0872 e. The Labute approximate surface area is 114 Å². The number of ether oxygens (including phenoxy) is 1. The Balaban J connectivity index is 2.05. The maximum Gasteiger partial charge on any atom is 0.0872 e. The van der Waals surface area contributed by atoms with Crippen molar-refractivity contribution < 1.29 is 4.74 Å². The van der Waals surface area contributed by atoms with Gasteiger partial charge in [0.1, 0.15) is 0 Å². The number of morpholine rings is 1. The van der Waals surface area contributed by atoms with Gasteiger partial charge in [-0.1, -0.05) is 0 Å². The molecule has 3 N–H and O–H groups in total. The molecule has 1 aromatic rings. The van der Waals surface area contributed by atoms with Crippen molar-refractivity contribution in [3.05, 3.63) is 17.5 Å². The molecule has 1 fully saturated rings. The highest BCUT2D eigenvalue weighted by Crippen LogP contribution is 2.13. The van der Waals surface area contributed by atoms with Gasteiger partial charge in [-0.3, -0.25) is 16.0 Å². The van der Waals surface area contributed by atoms with Crippen LogP contribution in [-0.2, 0) is 17.7 Å². The summed E-state index contributed by atoms with van der Waals surface area (Å²) in [6, 6.07) is 2.24. The monoisotopic (exact) mass is 267 g/mol. The SMILES string of the molecule is CCn1nc(C)cc1CC(NN)C1CN(C)CCO1. The minimum atomic E-state index is 0.115. The van der Waals surface area contributed by atoms with Crippen LogP contribution in [0.25, 0.3) is 0 Å². The molecule has 6 nitrogen and oxygen atoms in total. The molecule has 0 saturated carbocycles. The maximum absolute atomic E-state index is 5.84. The van der Waals surface area contributed by atoms with Crippen LogP contribution in [0.1, 0.15) is 18.3 Å². The van der Waals surface area contributed by atoms with Crippen molar-refractivity contribution in [1.82, 2.24) is 20.1 Å². The zero-order valence-corrected chi connectivity index (χ0v) is 12.1. The summed E-state index contributed by atoms with van der Waals surface area (Å²) in [5, 5.41) is 4.47. The topological polar surface area (TPSA) is 68.3 Å². The summed E-state index contributed by atoms with van der Waals surface area (Å²) in [5.74, 6) is 5.72. The molecule has 2 unspecified atom stereocenters. The Morgan fingerprint density at radius 2 is 2.42 bits per heavy atom. The van der Waals surface area contributed by atoms with E-state index in [0.29, 0.717) is 0 Å². The summed E-state index contributed by atoms with van der Waals surface area (Å²) in [6.07, 6.45) is 0.966. The first-order chi connectivity index (χ1) is 9.13. The van der Waals surface area contributed by atoms with E-state index in [4.69, 9.17) is 10.6 Å². The second-order valence-electron chi connectivity index (χ2n) is 5.24. The number of nitrogens with two attached hydrogens (primary N) is 1. The number of aryl methyl sites for hydroxylation is 2. The van der Waals surface area contributed by atoms with Gasteiger partial charge in [-0.05, 0) is 27.0 Å². The van der Waals surface area contributed by atoms with E-state index < -0.39 is 0 Å². The van der Waals surface area contributed by atoms with E-state index in [1.807, 2.05) is 11.6 Å². The van der Waals surface area contributed by atoms with E-state index in [2.05, 4.69) is 35.5 Å². The summed E-state index contributed by atoms with van der Waals surface area (Å²) in [6.45, 7) is 7.67. The number of hydrogen-bond acceptors (Lipinski definition) is 5. The van der Waals surface area contributed by atoms with Crippen LogP contribution in [0.2, 0.25) is 0 Å². The van der Waals surface area contributed by atoms with Gasteiger partial charge in [0.25, 0.3) is 0 Å². The normalized spacial score (nSPS) is 22.6. The van der Waals surface area contributed by atoms with Gasteiger partial charge in [0.15, 0.2) is 0 Å². The van der Waals surface area contributed by atoms with E-state index in [9.17, 15) is 0 Å². The zero-order valence-electron chi connectivity index (χ0n) is 12.1. The molecular weight excluding hydrogens is 242 g/mol. The van der Waals surface area contributed by atoms with Crippen LogP contribution in [0, 0.1) is 6.92 Å². The Hall–Kier alpha value is -0.950. The van der Waals surface area contributed by atoms with E-state index in [1.54, 1.807) is 0 Å². The number of rotatable bonds is 5. The lowest BCUT2D eigenvalue weighted by molar-refractivity contribution is -0.0387. The lowest BCUT2D eigenvalue weighted by atomic mass is 10.0. The van der Waals surface area contributed by atoms with Crippen LogP contribution < -0.4 is 11.3 Å². The molecule has 1 aliphatic rings. The summed E-state index contributed by atoms with van der Waals surface area (Å²) in [4.78, 5) is 2.28. The van der Waals surface area contributed by atoms with Crippen LogP contribution in [-0.4, -0.2) is 53.6 Å². The first-order valence-corrected chi connectivity index (χ1v) is 6.93. The fraction of sp³-hybridized carbons (Fsp3) is 0.769. The number of nitrogens with zero attached hydrogens (tertiary/aromatic N) is 3. The second-order valence-corrected chi connectivity index (χ2v) is 5.24. The minimum absolute atomic E-state index is 0.115. The third-order valence-corrected chi connectivity index (χ3v) is 3.67. The van der Waals surface area contributed by atoms with Gasteiger partial charge in [-0.15, -0.1) is 0 Å². The molecule has 0 aliphatic carbocycles. The molecule has 19 heavy (non-hydrogen) atoms. The third-order valence-electron chi connectivity index (χ3n) is 3.67. The largest absolute Gasteiger partial charge is 0.374 e. The van der Waals surface area contributed by atoms with E-state index in [0.717, 1.165) is 38.4 Å². The van der Waals surface area contributed by atoms with Crippen LogP contribution >= 0.6 is 0 Å². The first kappa shape index (κ1) is 14.5. The van der Waals surface area contributed by atoms with Gasteiger partial charge in [0, 0.05) is 31.7 Å². The number of aromatic nitrogens is 2. The average Bonchev–Trinajstić information content (AvgIpc) is 2.76. The van der Waals surface area contributed by atoms with Crippen molar-refractivity contribution >= 4 is 0 Å². The van der Waals surface area contributed by atoms with Crippen molar-refractivity contribution in [3.63, 3.8) is 0 Å². The summed E-state index contributed by atoms with van der Waals surface area (Å²) in [7, 11) is 2.11. The Morgan fingerprint density at radius 1 is 1.63 bits per heavy atom. The zero-order chi connectivity index (χ0) is 13.8. The molecule has 2 rings (SSSR count). The van der Waals surface area contributed by atoms with Gasteiger partial charge in [0.05, 0.1) is 24.4 Å². The highest BCUT2D eigenvalue weighted by molar-refractivity contribution is 5.11. The van der Waals surface area contributed by atoms with E-state index in [-0.39, 0.29) is 12.1 Å². The molecule has 0 spiro atoms. The minimum Gasteiger partial charge on any atom is -0.374 e. The average molecular weight is 267 g/mol. The van der Waals surface area contributed by atoms with Gasteiger partial charge in [-0.2, -0.15) is 5.10 Å². The highest BCUT2D eigenvalue weighted by Gasteiger charge is 2.27. The van der Waals surface area contributed by atoms with Gasteiger partial charge < -0.3 is 9.64 Å². The highest BCUT2D eigenvalue weighted by atomic mass is 16.5. The van der Waals surface area contributed by atoms with Crippen molar-refractivity contribution in [1.29, 1.82) is 0 Å². The van der Waals surface area contributed by atoms with E-state index >= 15 is 0 Å². The molecule has 6 heteroatoms. The lowest BCUT2D eigenvalue weighted by Gasteiger charge is -2.34. The maximum atomic E-state index is 5.84. The second kappa shape index (κ2) is 6.47. The lowest BCUT2D eigenvalue weighted by Crippen LogP contribution is -2.54. The molecule has 0 aromatic carbocycles. The van der Waals surface area contributed by atoms with E-state index in [1.165, 1.54) is 5.69 Å². The van der Waals surface area contributed by atoms with Crippen LogP contribution in [0.3, 0.4) is 0 Å². The third kappa shape index (κ3) is 3.54. The predicted octanol–water partition coefficient (Wildman–Crippen LogP) is -0.0836. The molecule has 2 heterocycles. The van der Waals surface area contributed by atoms with Gasteiger partial charge >= 0.3 is 0 Å². The quantitative estimate of drug-likeness (QED) is 0.577. The van der Waals surface area contributed by atoms with Crippen LogP contribution in [0.15, 0.2) is 6.07 Å². The van der Waals surface area contributed by atoms with Crippen molar-refractivity contribution in [2.75, 3.05) is 26.7 Å². The first-order valence-electron chi connectivity index (χ1n) is 6.93. The van der Waals surface area contributed by atoms with Crippen LogP contribution in [0.5, 0.6) is 0 Å². The van der Waals surface area contributed by atoms with Crippen molar-refractivity contribution in [2.24, 2.45) is 5.84 Å². The number of hydrazine groups is 1. The Morgan fingerprint density at radius 3 is 3.05 bits per heavy atom. The number of hydrogen-bond donors (Lipinski definition) is 2. The fourth-order valence-corrected chi connectivity index (χ4v) is 2.61. The molecule has 1 aromatic heterocycles. The number of likely N-dealkylation sites (N-methyl/N-ethyl adjacent to an activating group) is 1. The number of nitrogens with one attached hydrogen (secondary N) is 1. The molecule has 2 atom stereocenters. The molecule has 108 valence electrons. The molecule has 0 amide bonds. The van der Waals surface area contributed by atoms with Crippen LogP contribution in [0.4, 0.5) is 0 Å². The van der Waals surface area contributed by atoms with Crippen molar-refractivity contribution in [3.8, 4) is 0 Å². The summed E-state index contributed by atoms with van der Waals surface area (Å²) >= 11 is 0. The standard InChI is InChI=1S/C13H25N5O/c1-4-18-11(7-10(2)16-18)8-12(15-14)13-9-17(3)5-6-19-13/h7,12-13,15H,4-6,8-9,14H2,1-3H3. The summed E-state index contributed by atoms with van der Waals surface area (Å²) < 4.78 is 7.87. The van der Waals surface area contributed by atoms with Gasteiger partial charge in [0.2, 0.25) is 0 Å². The molecule has 1 saturated heterocycles. The van der Waals surface area contributed by atoms with Gasteiger partial charge in [-0.25, -0.2) is 0 Å². The molecule has 0 radical (unpaired) electrons. The molecular formula is C13H25N5O. The Kier molecular flexibility index (Phi) is 4.93. The summed E-state index contributed by atoms with van der Waals surface area (Å²) in [5.41, 5.74) is 5.17.